The first kappa shape index (κ1) is 20.3. The molecule has 0 unspecified atom stereocenters. The van der Waals surface area contributed by atoms with Gasteiger partial charge in [0.2, 0.25) is 0 Å². The molecule has 0 aliphatic carbocycles. The molecule has 0 aliphatic heterocycles. The number of nitrogens with zero attached hydrogens (tertiary/aromatic N) is 4. The van der Waals surface area contributed by atoms with Gasteiger partial charge in [-0.15, -0.1) is 0 Å². The van der Waals surface area contributed by atoms with E-state index in [0.29, 0.717) is 17.4 Å². The molecule has 30 heavy (non-hydrogen) atoms. The lowest BCUT2D eigenvalue weighted by atomic mass is 10.1. The molecule has 2 heterocycles. The van der Waals surface area contributed by atoms with Crippen molar-refractivity contribution in [2.75, 3.05) is 31.1 Å². The topological polar surface area (TPSA) is 62.5 Å². The minimum absolute atomic E-state index is 0.202. The Morgan fingerprint density at radius 1 is 1.00 bits per heavy atom. The molecule has 0 atom stereocenters. The summed E-state index contributed by atoms with van der Waals surface area (Å²) in [5.41, 5.74) is 2.06. The van der Waals surface area contributed by atoms with Crippen LogP contribution in [0.2, 0.25) is 0 Å². The number of carbonyl (C=O) groups is 1. The fourth-order valence-electron chi connectivity index (χ4n) is 3.29. The Labute approximate surface area is 179 Å². The van der Waals surface area contributed by atoms with Crippen molar-refractivity contribution in [3.05, 3.63) is 66.4 Å². The van der Waals surface area contributed by atoms with Gasteiger partial charge >= 0.3 is 0 Å². The number of benzene rings is 2. The summed E-state index contributed by atoms with van der Waals surface area (Å²) in [4.78, 5) is 22.1. The van der Waals surface area contributed by atoms with Gasteiger partial charge in [-0.25, -0.2) is 4.98 Å². The molecule has 2 aromatic heterocycles. The largest absolute Gasteiger partial charge is 0.355 e. The molecule has 0 saturated heterocycles. The molecule has 1 amide bonds. The van der Waals surface area contributed by atoms with E-state index in [2.05, 4.69) is 23.9 Å². The van der Waals surface area contributed by atoms with E-state index in [1.54, 1.807) is 11.0 Å². The predicted octanol–water partition coefficient (Wildman–Crippen LogP) is 4.94. The quantitative estimate of drug-likeness (QED) is 0.404. The molecule has 7 heteroatoms. The number of aromatic nitrogens is 2. The maximum Gasteiger partial charge on any atom is 0.282 e. The lowest BCUT2D eigenvalue weighted by Gasteiger charge is -2.24. The molecule has 154 valence electrons. The van der Waals surface area contributed by atoms with Crippen molar-refractivity contribution in [1.82, 2.24) is 15.0 Å². The lowest BCUT2D eigenvalue weighted by molar-refractivity contribution is 0.0975. The molecule has 0 bridgehead atoms. The van der Waals surface area contributed by atoms with Crippen molar-refractivity contribution < 1.29 is 9.32 Å². The summed E-state index contributed by atoms with van der Waals surface area (Å²) in [6.45, 7) is 7.40. The first-order valence-corrected chi connectivity index (χ1v) is 10.9. The first-order valence-electron chi connectivity index (χ1n) is 10.1. The van der Waals surface area contributed by atoms with Gasteiger partial charge in [0, 0.05) is 24.7 Å². The van der Waals surface area contributed by atoms with Gasteiger partial charge < -0.3 is 9.42 Å². The minimum atomic E-state index is -0.202. The molecule has 0 fully saturated rings. The molecular weight excluding hydrogens is 396 g/mol. The van der Waals surface area contributed by atoms with E-state index in [1.165, 1.54) is 11.3 Å². The summed E-state index contributed by atoms with van der Waals surface area (Å²) >= 11 is 1.52. The third kappa shape index (κ3) is 4.27. The van der Waals surface area contributed by atoms with E-state index < -0.39 is 0 Å². The minimum Gasteiger partial charge on any atom is -0.355 e. The Morgan fingerprint density at radius 3 is 2.47 bits per heavy atom. The third-order valence-corrected chi connectivity index (χ3v) is 6.14. The normalized spacial score (nSPS) is 11.3. The number of para-hydroxylation sites is 1. The van der Waals surface area contributed by atoms with Crippen LogP contribution in [0.1, 0.15) is 24.3 Å². The van der Waals surface area contributed by atoms with Gasteiger partial charge in [0.25, 0.3) is 5.91 Å². The number of hydrogen-bond acceptors (Lipinski definition) is 6. The number of hydrogen-bond donors (Lipinski definition) is 0. The van der Waals surface area contributed by atoms with Crippen LogP contribution in [0.25, 0.3) is 21.5 Å². The van der Waals surface area contributed by atoms with Crippen LogP contribution in [0.5, 0.6) is 0 Å². The second-order valence-corrected chi connectivity index (χ2v) is 7.90. The van der Waals surface area contributed by atoms with Gasteiger partial charge in [0.15, 0.2) is 16.6 Å². The lowest BCUT2D eigenvalue weighted by Crippen LogP contribution is -2.39. The third-order valence-electron chi connectivity index (χ3n) is 5.08. The average Bonchev–Trinajstić information content (AvgIpc) is 3.44. The highest BCUT2D eigenvalue weighted by Gasteiger charge is 2.25. The van der Waals surface area contributed by atoms with E-state index >= 15 is 0 Å². The predicted molar refractivity (Wildman–Crippen MR) is 121 cm³/mol. The fourth-order valence-corrected chi connectivity index (χ4v) is 4.28. The molecule has 0 radical (unpaired) electrons. The summed E-state index contributed by atoms with van der Waals surface area (Å²) in [7, 11) is 0. The standard InChI is InChI=1S/C23H24N4O2S/c1-3-26(4-2)14-15-27(23-24-18-12-8-9-13-21(18)30-23)22(28)19-16-20(29-25-19)17-10-6-5-7-11-17/h5-13,16H,3-4,14-15H2,1-2H3. The Morgan fingerprint density at radius 2 is 1.73 bits per heavy atom. The van der Waals surface area contributed by atoms with Gasteiger partial charge in [-0.1, -0.05) is 72.8 Å². The monoisotopic (exact) mass is 420 g/mol. The Hall–Kier alpha value is -3.03. The Kier molecular flexibility index (Phi) is 6.21. The molecule has 0 aliphatic rings. The summed E-state index contributed by atoms with van der Waals surface area (Å²) in [5, 5.41) is 4.74. The van der Waals surface area contributed by atoms with Crippen molar-refractivity contribution in [2.45, 2.75) is 13.8 Å². The Bertz CT molecular complexity index is 1090. The molecule has 6 nitrogen and oxygen atoms in total. The van der Waals surface area contributed by atoms with Crippen LogP contribution in [0.4, 0.5) is 5.13 Å². The SMILES string of the molecule is CCN(CC)CCN(C(=O)c1cc(-c2ccccc2)on1)c1nc2ccccc2s1. The van der Waals surface area contributed by atoms with E-state index in [-0.39, 0.29) is 11.6 Å². The van der Waals surface area contributed by atoms with Gasteiger partial charge in [-0.3, -0.25) is 9.69 Å². The zero-order chi connectivity index (χ0) is 20.9. The zero-order valence-electron chi connectivity index (χ0n) is 17.1. The van der Waals surface area contributed by atoms with E-state index in [4.69, 9.17) is 9.51 Å². The summed E-state index contributed by atoms with van der Waals surface area (Å²) in [6, 6.07) is 19.3. The number of carbonyl (C=O) groups excluding carboxylic acids is 1. The number of likely N-dealkylation sites (N-methyl/N-ethyl adjacent to an activating group) is 1. The number of amides is 1. The van der Waals surface area contributed by atoms with Crippen molar-refractivity contribution in [3.8, 4) is 11.3 Å². The van der Waals surface area contributed by atoms with Crippen molar-refractivity contribution >= 4 is 32.6 Å². The van der Waals surface area contributed by atoms with Crippen molar-refractivity contribution in [2.24, 2.45) is 0 Å². The molecule has 4 rings (SSSR count). The van der Waals surface area contributed by atoms with Crippen LogP contribution in [0, 0.1) is 0 Å². The fraction of sp³-hybridized carbons (Fsp3) is 0.261. The summed E-state index contributed by atoms with van der Waals surface area (Å²) < 4.78 is 6.51. The van der Waals surface area contributed by atoms with E-state index in [9.17, 15) is 4.79 Å². The molecule has 0 saturated carbocycles. The smallest absolute Gasteiger partial charge is 0.282 e. The van der Waals surface area contributed by atoms with Gasteiger partial charge in [-0.2, -0.15) is 0 Å². The molecule has 0 spiro atoms. The summed E-state index contributed by atoms with van der Waals surface area (Å²) in [5.74, 6) is 0.374. The molecule has 2 aromatic carbocycles. The van der Waals surface area contributed by atoms with Crippen LogP contribution in [0.15, 0.2) is 65.2 Å². The number of anilines is 1. The number of thiazole rings is 1. The highest BCUT2D eigenvalue weighted by Crippen LogP contribution is 2.30. The second kappa shape index (κ2) is 9.19. The zero-order valence-corrected chi connectivity index (χ0v) is 17.9. The van der Waals surface area contributed by atoms with Crippen molar-refractivity contribution in [1.29, 1.82) is 0 Å². The maximum absolute atomic E-state index is 13.4. The maximum atomic E-state index is 13.4. The second-order valence-electron chi connectivity index (χ2n) is 6.89. The molecule has 0 N–H and O–H groups in total. The van der Waals surface area contributed by atoms with E-state index in [0.717, 1.165) is 35.4 Å². The first-order chi connectivity index (χ1) is 14.7. The van der Waals surface area contributed by atoms with Gasteiger partial charge in [0.1, 0.15) is 0 Å². The molecule has 4 aromatic rings. The Balaban J connectivity index is 1.64. The van der Waals surface area contributed by atoms with Gasteiger partial charge in [0.05, 0.1) is 10.2 Å². The van der Waals surface area contributed by atoms with Crippen LogP contribution in [-0.4, -0.2) is 47.1 Å². The van der Waals surface area contributed by atoms with Crippen LogP contribution in [0.3, 0.4) is 0 Å². The molecular formula is C23H24N4O2S. The number of fused-ring (bicyclic) bond motifs is 1. The van der Waals surface area contributed by atoms with Gasteiger partial charge in [-0.05, 0) is 25.2 Å². The van der Waals surface area contributed by atoms with E-state index in [1.807, 2.05) is 54.6 Å². The van der Waals surface area contributed by atoms with Crippen LogP contribution < -0.4 is 4.90 Å². The summed E-state index contributed by atoms with van der Waals surface area (Å²) in [6.07, 6.45) is 0. The highest BCUT2D eigenvalue weighted by atomic mass is 32.1. The number of rotatable bonds is 8. The van der Waals surface area contributed by atoms with Crippen LogP contribution in [-0.2, 0) is 0 Å². The van der Waals surface area contributed by atoms with Crippen molar-refractivity contribution in [3.63, 3.8) is 0 Å². The van der Waals surface area contributed by atoms with Crippen LogP contribution >= 0.6 is 11.3 Å². The average molecular weight is 421 g/mol. The highest BCUT2D eigenvalue weighted by molar-refractivity contribution is 7.22.